The topological polar surface area (TPSA) is 70.2 Å². The van der Waals surface area contributed by atoms with E-state index in [-0.39, 0.29) is 5.91 Å². The molecular weight excluding hydrogens is 292 g/mol. The van der Waals surface area contributed by atoms with Gasteiger partial charge in [-0.2, -0.15) is 5.10 Å². The van der Waals surface area contributed by atoms with Crippen LogP contribution in [0.2, 0.25) is 0 Å². The fraction of sp³-hybridized carbons (Fsp3) is 0.412. The van der Waals surface area contributed by atoms with E-state index in [0.717, 1.165) is 54.6 Å². The van der Waals surface area contributed by atoms with Crippen molar-refractivity contribution in [2.24, 2.45) is 0 Å². The molecule has 3 rings (SSSR count). The number of aryl methyl sites for hydroxylation is 2. The van der Waals surface area contributed by atoms with Crippen molar-refractivity contribution >= 4 is 17.3 Å². The lowest BCUT2D eigenvalue weighted by atomic mass is 10.1. The molecule has 0 aliphatic carbocycles. The average molecular weight is 314 g/mol. The van der Waals surface area contributed by atoms with Crippen LogP contribution in [-0.2, 0) is 16.0 Å². The third-order valence-electron chi connectivity index (χ3n) is 4.15. The monoisotopic (exact) mass is 314 g/mol. The number of aromatic amines is 1. The standard InChI is InChI=1S/C17H22N4O2/c1-12-14(13(2)20-19-12)11-17(22)18-15-5-3-4-6-16(15)21-7-9-23-10-8-21/h3-6H,7-11H2,1-2H3,(H,18,22)(H,19,20). The van der Waals surface area contributed by atoms with Crippen LogP contribution in [0.25, 0.3) is 0 Å². The second-order valence-electron chi connectivity index (χ2n) is 5.75. The smallest absolute Gasteiger partial charge is 0.228 e. The number of morpholine rings is 1. The van der Waals surface area contributed by atoms with E-state index < -0.39 is 0 Å². The Balaban J connectivity index is 1.73. The molecule has 6 nitrogen and oxygen atoms in total. The molecule has 0 atom stereocenters. The molecule has 6 heteroatoms. The van der Waals surface area contributed by atoms with Gasteiger partial charge >= 0.3 is 0 Å². The summed E-state index contributed by atoms with van der Waals surface area (Å²) in [5.41, 5.74) is 4.67. The van der Waals surface area contributed by atoms with E-state index in [0.29, 0.717) is 6.42 Å². The van der Waals surface area contributed by atoms with Crippen LogP contribution in [-0.4, -0.2) is 42.4 Å². The zero-order valence-electron chi connectivity index (χ0n) is 13.6. The number of hydrogen-bond acceptors (Lipinski definition) is 4. The first-order valence-corrected chi connectivity index (χ1v) is 7.87. The number of H-pyrrole nitrogens is 1. The summed E-state index contributed by atoms with van der Waals surface area (Å²) in [6.45, 7) is 6.96. The molecule has 1 aliphatic rings. The molecule has 2 heterocycles. The summed E-state index contributed by atoms with van der Waals surface area (Å²) in [5, 5.41) is 10.1. The fourth-order valence-electron chi connectivity index (χ4n) is 2.85. The average Bonchev–Trinajstić information content (AvgIpc) is 2.88. The number of aromatic nitrogens is 2. The Morgan fingerprint density at radius 1 is 1.30 bits per heavy atom. The van der Waals surface area contributed by atoms with Gasteiger partial charge in [-0.15, -0.1) is 0 Å². The van der Waals surface area contributed by atoms with E-state index in [2.05, 4.69) is 20.4 Å². The summed E-state index contributed by atoms with van der Waals surface area (Å²) in [6.07, 6.45) is 0.325. The summed E-state index contributed by atoms with van der Waals surface area (Å²) in [5.74, 6) is -0.0293. The Hall–Kier alpha value is -2.34. The first-order chi connectivity index (χ1) is 11.1. The summed E-state index contributed by atoms with van der Waals surface area (Å²) in [4.78, 5) is 14.7. The molecule has 23 heavy (non-hydrogen) atoms. The number of ether oxygens (including phenoxy) is 1. The van der Waals surface area contributed by atoms with E-state index in [4.69, 9.17) is 4.74 Å². The number of hydrogen-bond donors (Lipinski definition) is 2. The van der Waals surface area contributed by atoms with Crippen LogP contribution in [0.3, 0.4) is 0 Å². The van der Waals surface area contributed by atoms with Crippen molar-refractivity contribution in [1.82, 2.24) is 10.2 Å². The molecule has 2 N–H and O–H groups in total. The normalized spacial score (nSPS) is 14.8. The SMILES string of the molecule is Cc1n[nH]c(C)c1CC(=O)Nc1ccccc1N1CCOCC1. The molecular formula is C17H22N4O2. The molecule has 0 bridgehead atoms. The highest BCUT2D eigenvalue weighted by molar-refractivity contribution is 5.95. The maximum atomic E-state index is 12.4. The highest BCUT2D eigenvalue weighted by Crippen LogP contribution is 2.26. The lowest BCUT2D eigenvalue weighted by Crippen LogP contribution is -2.36. The zero-order chi connectivity index (χ0) is 16.2. The minimum absolute atomic E-state index is 0.0293. The fourth-order valence-corrected chi connectivity index (χ4v) is 2.85. The number of nitrogens with zero attached hydrogens (tertiary/aromatic N) is 2. The van der Waals surface area contributed by atoms with Gasteiger partial charge in [0.15, 0.2) is 0 Å². The van der Waals surface area contributed by atoms with Gasteiger partial charge < -0.3 is 15.0 Å². The quantitative estimate of drug-likeness (QED) is 0.906. The van der Waals surface area contributed by atoms with Crippen LogP contribution in [0.1, 0.15) is 17.0 Å². The molecule has 0 saturated carbocycles. The first-order valence-electron chi connectivity index (χ1n) is 7.87. The number of para-hydroxylation sites is 2. The molecule has 1 fully saturated rings. The van der Waals surface area contributed by atoms with Gasteiger partial charge in [-0.3, -0.25) is 9.89 Å². The molecule has 0 radical (unpaired) electrons. The highest BCUT2D eigenvalue weighted by atomic mass is 16.5. The van der Waals surface area contributed by atoms with Crippen molar-refractivity contribution in [2.75, 3.05) is 36.5 Å². The molecule has 0 unspecified atom stereocenters. The van der Waals surface area contributed by atoms with Gasteiger partial charge in [0.1, 0.15) is 0 Å². The number of nitrogens with one attached hydrogen (secondary N) is 2. The highest BCUT2D eigenvalue weighted by Gasteiger charge is 2.17. The van der Waals surface area contributed by atoms with Crippen molar-refractivity contribution in [1.29, 1.82) is 0 Å². The maximum Gasteiger partial charge on any atom is 0.228 e. The molecule has 1 saturated heterocycles. The van der Waals surface area contributed by atoms with E-state index >= 15 is 0 Å². The number of carbonyl (C=O) groups is 1. The predicted molar refractivity (Wildman–Crippen MR) is 89.9 cm³/mol. The van der Waals surface area contributed by atoms with E-state index in [1.807, 2.05) is 38.1 Å². The Morgan fingerprint density at radius 3 is 2.74 bits per heavy atom. The predicted octanol–water partition coefficient (Wildman–Crippen LogP) is 2.04. The number of benzene rings is 1. The van der Waals surface area contributed by atoms with Gasteiger partial charge in [-0.1, -0.05) is 12.1 Å². The van der Waals surface area contributed by atoms with Crippen LogP contribution in [0.5, 0.6) is 0 Å². The van der Waals surface area contributed by atoms with Crippen molar-refractivity contribution in [3.63, 3.8) is 0 Å². The third kappa shape index (κ3) is 3.53. The van der Waals surface area contributed by atoms with Gasteiger partial charge in [0.05, 0.1) is 36.7 Å². The first kappa shape index (κ1) is 15.6. The van der Waals surface area contributed by atoms with Crippen LogP contribution < -0.4 is 10.2 Å². The van der Waals surface area contributed by atoms with Gasteiger partial charge in [0.25, 0.3) is 0 Å². The maximum absolute atomic E-state index is 12.4. The largest absolute Gasteiger partial charge is 0.378 e. The van der Waals surface area contributed by atoms with E-state index in [1.54, 1.807) is 0 Å². The zero-order valence-corrected chi connectivity index (χ0v) is 13.6. The molecule has 2 aromatic rings. The molecule has 122 valence electrons. The number of rotatable bonds is 4. The number of carbonyl (C=O) groups excluding carboxylic acids is 1. The van der Waals surface area contributed by atoms with Gasteiger partial charge in [-0.05, 0) is 26.0 Å². The Kier molecular flexibility index (Phi) is 4.62. The van der Waals surface area contributed by atoms with E-state index in [1.165, 1.54) is 0 Å². The van der Waals surface area contributed by atoms with E-state index in [9.17, 15) is 4.79 Å². The van der Waals surface area contributed by atoms with Crippen molar-refractivity contribution in [3.05, 3.63) is 41.2 Å². The Morgan fingerprint density at radius 2 is 2.04 bits per heavy atom. The second-order valence-corrected chi connectivity index (χ2v) is 5.75. The van der Waals surface area contributed by atoms with Crippen molar-refractivity contribution in [2.45, 2.75) is 20.3 Å². The summed E-state index contributed by atoms with van der Waals surface area (Å²) < 4.78 is 5.40. The Labute approximate surface area is 135 Å². The number of anilines is 2. The summed E-state index contributed by atoms with van der Waals surface area (Å²) >= 11 is 0. The molecule has 1 aromatic heterocycles. The third-order valence-corrected chi connectivity index (χ3v) is 4.15. The van der Waals surface area contributed by atoms with Crippen LogP contribution in [0.4, 0.5) is 11.4 Å². The minimum atomic E-state index is -0.0293. The van der Waals surface area contributed by atoms with Gasteiger partial charge in [0, 0.05) is 24.3 Å². The van der Waals surface area contributed by atoms with Crippen LogP contribution in [0, 0.1) is 13.8 Å². The van der Waals surface area contributed by atoms with Crippen molar-refractivity contribution < 1.29 is 9.53 Å². The van der Waals surface area contributed by atoms with Crippen LogP contribution in [0.15, 0.2) is 24.3 Å². The van der Waals surface area contributed by atoms with Crippen LogP contribution >= 0.6 is 0 Å². The van der Waals surface area contributed by atoms with Gasteiger partial charge in [-0.25, -0.2) is 0 Å². The van der Waals surface area contributed by atoms with Crippen molar-refractivity contribution in [3.8, 4) is 0 Å². The lowest BCUT2D eigenvalue weighted by Gasteiger charge is -2.30. The molecule has 1 aromatic carbocycles. The minimum Gasteiger partial charge on any atom is -0.378 e. The lowest BCUT2D eigenvalue weighted by molar-refractivity contribution is -0.115. The molecule has 1 aliphatic heterocycles. The van der Waals surface area contributed by atoms with Gasteiger partial charge in [0.2, 0.25) is 5.91 Å². The summed E-state index contributed by atoms with van der Waals surface area (Å²) in [6, 6.07) is 7.91. The Bertz CT molecular complexity index is 670. The molecule has 0 spiro atoms. The molecule has 1 amide bonds. The second kappa shape index (κ2) is 6.83. The summed E-state index contributed by atoms with van der Waals surface area (Å²) in [7, 11) is 0. The number of amides is 1.